The number of rotatable bonds is 6. The first-order chi connectivity index (χ1) is 13.7. The predicted octanol–water partition coefficient (Wildman–Crippen LogP) is 3.15. The van der Waals surface area contributed by atoms with Crippen LogP contribution in [0.5, 0.6) is 11.5 Å². The second-order valence-electron chi connectivity index (χ2n) is 6.56. The first kappa shape index (κ1) is 20.6. The molecule has 0 radical (unpaired) electrons. The number of halogens is 2. The van der Waals surface area contributed by atoms with Crippen LogP contribution in [0.15, 0.2) is 36.4 Å². The highest BCUT2D eigenvalue weighted by Gasteiger charge is 2.50. The van der Waals surface area contributed by atoms with Gasteiger partial charge < -0.3 is 14.8 Å². The summed E-state index contributed by atoms with van der Waals surface area (Å²) in [6.07, 6.45) is 0. The Kier molecular flexibility index (Phi) is 5.48. The van der Waals surface area contributed by atoms with E-state index in [1.165, 1.54) is 39.3 Å². The van der Waals surface area contributed by atoms with Gasteiger partial charge in [0, 0.05) is 16.1 Å². The lowest BCUT2D eigenvalue weighted by atomic mass is 9.92. The van der Waals surface area contributed by atoms with Gasteiger partial charge in [0.2, 0.25) is 0 Å². The molecule has 152 valence electrons. The van der Waals surface area contributed by atoms with Gasteiger partial charge in [-0.05, 0) is 37.3 Å². The Bertz CT molecular complexity index is 1010. The zero-order valence-electron chi connectivity index (χ0n) is 15.9. The minimum atomic E-state index is -1.51. The largest absolute Gasteiger partial charge is 0.493 e. The standard InChI is InChI=1S/C20H18ClFN2O5/c1-20(13-6-5-12(22)9-14(13)21)18(26)24(19(27)23-20)10-15(25)11-4-7-16(28-2)17(8-11)29-3/h4-9H,10H2,1-3H3,(H,23,27). The van der Waals surface area contributed by atoms with E-state index in [2.05, 4.69) is 5.32 Å². The van der Waals surface area contributed by atoms with Crippen LogP contribution in [0, 0.1) is 5.82 Å². The molecule has 0 saturated carbocycles. The molecule has 1 heterocycles. The van der Waals surface area contributed by atoms with Crippen LogP contribution >= 0.6 is 11.6 Å². The van der Waals surface area contributed by atoms with Crippen LogP contribution in [0.25, 0.3) is 0 Å². The number of amides is 3. The Morgan fingerprint density at radius 3 is 2.45 bits per heavy atom. The smallest absolute Gasteiger partial charge is 0.325 e. The lowest BCUT2D eigenvalue weighted by molar-refractivity contribution is -0.130. The molecule has 1 N–H and O–H groups in total. The SMILES string of the molecule is COc1ccc(C(=O)CN2C(=O)NC(C)(c3ccc(F)cc3Cl)C2=O)cc1OC. The van der Waals surface area contributed by atoms with Gasteiger partial charge in [0.15, 0.2) is 17.3 Å². The van der Waals surface area contributed by atoms with Crippen molar-refractivity contribution in [3.05, 3.63) is 58.4 Å². The molecule has 0 spiro atoms. The van der Waals surface area contributed by atoms with Crippen molar-refractivity contribution in [2.75, 3.05) is 20.8 Å². The molecule has 2 aromatic carbocycles. The highest BCUT2D eigenvalue weighted by Crippen LogP contribution is 2.34. The predicted molar refractivity (Wildman–Crippen MR) is 103 cm³/mol. The summed E-state index contributed by atoms with van der Waals surface area (Å²) in [7, 11) is 2.90. The van der Waals surface area contributed by atoms with Gasteiger partial charge in [0.05, 0.1) is 20.8 Å². The second-order valence-corrected chi connectivity index (χ2v) is 6.97. The van der Waals surface area contributed by atoms with E-state index in [1.807, 2.05) is 0 Å². The molecular formula is C20H18ClFN2O5. The van der Waals surface area contributed by atoms with Crippen LogP contribution in [0.3, 0.4) is 0 Å². The highest BCUT2D eigenvalue weighted by molar-refractivity contribution is 6.32. The summed E-state index contributed by atoms with van der Waals surface area (Å²) in [5.41, 5.74) is -1.03. The molecule has 3 amide bonds. The summed E-state index contributed by atoms with van der Waals surface area (Å²) in [5, 5.41) is 2.53. The average Bonchev–Trinajstić information content (AvgIpc) is 2.90. The molecule has 3 rings (SSSR count). The Morgan fingerprint density at radius 1 is 1.14 bits per heavy atom. The van der Waals surface area contributed by atoms with Crippen molar-refractivity contribution in [3.63, 3.8) is 0 Å². The topological polar surface area (TPSA) is 84.9 Å². The van der Waals surface area contributed by atoms with Gasteiger partial charge in [-0.25, -0.2) is 9.18 Å². The van der Waals surface area contributed by atoms with E-state index >= 15 is 0 Å². The summed E-state index contributed by atoms with van der Waals surface area (Å²) in [4.78, 5) is 38.9. The molecule has 7 nitrogen and oxygen atoms in total. The molecule has 0 bridgehead atoms. The molecule has 1 saturated heterocycles. The van der Waals surface area contributed by atoms with E-state index in [9.17, 15) is 18.8 Å². The Labute approximate surface area is 171 Å². The minimum Gasteiger partial charge on any atom is -0.493 e. The Hall–Kier alpha value is -3.13. The summed E-state index contributed by atoms with van der Waals surface area (Å²) < 4.78 is 23.7. The van der Waals surface area contributed by atoms with E-state index in [0.717, 1.165) is 17.0 Å². The zero-order valence-corrected chi connectivity index (χ0v) is 16.7. The van der Waals surface area contributed by atoms with E-state index in [0.29, 0.717) is 11.5 Å². The quantitative estimate of drug-likeness (QED) is 0.573. The lowest BCUT2D eigenvalue weighted by Crippen LogP contribution is -2.41. The lowest BCUT2D eigenvalue weighted by Gasteiger charge is -2.23. The summed E-state index contributed by atoms with van der Waals surface area (Å²) in [5.74, 6) is -0.913. The number of hydrogen-bond donors (Lipinski definition) is 1. The van der Waals surface area contributed by atoms with Gasteiger partial charge in [-0.15, -0.1) is 0 Å². The van der Waals surface area contributed by atoms with Crippen molar-refractivity contribution in [2.24, 2.45) is 0 Å². The number of imide groups is 1. The normalized spacial score (nSPS) is 18.6. The maximum absolute atomic E-state index is 13.4. The molecule has 1 aliphatic heterocycles. The van der Waals surface area contributed by atoms with E-state index < -0.39 is 35.6 Å². The maximum atomic E-state index is 13.4. The molecule has 0 aliphatic carbocycles. The van der Waals surface area contributed by atoms with Gasteiger partial charge in [-0.3, -0.25) is 14.5 Å². The van der Waals surface area contributed by atoms with E-state index in [1.54, 1.807) is 6.07 Å². The molecule has 1 atom stereocenters. The van der Waals surface area contributed by atoms with Crippen molar-refractivity contribution in [1.82, 2.24) is 10.2 Å². The van der Waals surface area contributed by atoms with Gasteiger partial charge in [0.1, 0.15) is 11.4 Å². The van der Waals surface area contributed by atoms with Crippen LogP contribution in [-0.2, 0) is 10.3 Å². The zero-order chi connectivity index (χ0) is 21.3. The summed E-state index contributed by atoms with van der Waals surface area (Å²) in [6, 6.07) is 7.32. The van der Waals surface area contributed by atoms with Gasteiger partial charge in [-0.1, -0.05) is 17.7 Å². The van der Waals surface area contributed by atoms with Crippen molar-refractivity contribution in [1.29, 1.82) is 0 Å². The number of ketones is 1. The number of ether oxygens (including phenoxy) is 2. The monoisotopic (exact) mass is 420 g/mol. The summed E-state index contributed by atoms with van der Waals surface area (Å²) in [6.45, 7) is 0.974. The van der Waals surface area contributed by atoms with Gasteiger partial charge in [-0.2, -0.15) is 0 Å². The van der Waals surface area contributed by atoms with Crippen molar-refractivity contribution < 1.29 is 28.2 Å². The number of nitrogens with one attached hydrogen (secondary N) is 1. The number of methoxy groups -OCH3 is 2. The molecule has 1 unspecified atom stereocenters. The number of Topliss-reactive ketones (excluding diaryl/α,β-unsaturated/α-hetero) is 1. The fraction of sp³-hybridized carbons (Fsp3) is 0.250. The van der Waals surface area contributed by atoms with Crippen LogP contribution in [-0.4, -0.2) is 43.4 Å². The number of urea groups is 1. The third-order valence-corrected chi connectivity index (χ3v) is 5.06. The van der Waals surface area contributed by atoms with Crippen molar-refractivity contribution >= 4 is 29.3 Å². The first-order valence-corrected chi connectivity index (χ1v) is 8.94. The average molecular weight is 421 g/mol. The second kappa shape index (κ2) is 7.71. The molecule has 9 heteroatoms. The molecule has 1 aliphatic rings. The third-order valence-electron chi connectivity index (χ3n) is 4.75. The molecule has 29 heavy (non-hydrogen) atoms. The Morgan fingerprint density at radius 2 is 1.83 bits per heavy atom. The van der Waals surface area contributed by atoms with Crippen LogP contribution in [0.2, 0.25) is 5.02 Å². The van der Waals surface area contributed by atoms with E-state index in [4.69, 9.17) is 21.1 Å². The van der Waals surface area contributed by atoms with Gasteiger partial charge in [0.25, 0.3) is 5.91 Å². The number of nitrogens with zero attached hydrogens (tertiary/aromatic N) is 1. The molecular weight excluding hydrogens is 403 g/mol. The number of carbonyl (C=O) groups excluding carboxylic acids is 3. The number of benzene rings is 2. The molecule has 2 aromatic rings. The van der Waals surface area contributed by atoms with Crippen LogP contribution in [0.4, 0.5) is 9.18 Å². The van der Waals surface area contributed by atoms with Crippen LogP contribution in [0.1, 0.15) is 22.8 Å². The summed E-state index contributed by atoms with van der Waals surface area (Å²) >= 11 is 6.07. The fourth-order valence-electron chi connectivity index (χ4n) is 3.16. The van der Waals surface area contributed by atoms with Gasteiger partial charge >= 0.3 is 6.03 Å². The highest BCUT2D eigenvalue weighted by atomic mass is 35.5. The number of carbonyl (C=O) groups is 3. The Balaban J connectivity index is 1.86. The fourth-order valence-corrected chi connectivity index (χ4v) is 3.52. The minimum absolute atomic E-state index is 0.00535. The third kappa shape index (κ3) is 3.63. The van der Waals surface area contributed by atoms with Crippen molar-refractivity contribution in [3.8, 4) is 11.5 Å². The van der Waals surface area contributed by atoms with E-state index in [-0.39, 0.29) is 16.1 Å². The van der Waals surface area contributed by atoms with Crippen LogP contribution < -0.4 is 14.8 Å². The first-order valence-electron chi connectivity index (χ1n) is 8.56. The van der Waals surface area contributed by atoms with Crippen molar-refractivity contribution in [2.45, 2.75) is 12.5 Å². The number of hydrogen-bond acceptors (Lipinski definition) is 5. The maximum Gasteiger partial charge on any atom is 0.325 e. The molecule has 1 fully saturated rings. The molecule has 0 aromatic heterocycles.